The molecule has 0 aromatic rings. The van der Waals surface area contributed by atoms with Crippen LogP contribution in [-0.2, 0) is 4.79 Å². The Labute approximate surface area is 96.8 Å². The van der Waals surface area contributed by atoms with Crippen molar-refractivity contribution in [3.8, 4) is 0 Å². The molecule has 1 unspecified atom stereocenters. The Morgan fingerprint density at radius 1 is 1.60 bits per heavy atom. The maximum Gasteiger partial charge on any atom is 0.222 e. The van der Waals surface area contributed by atoms with E-state index in [9.17, 15) is 4.79 Å². The Hall–Kier alpha value is -0.220. The SMILES string of the molecule is CSCCCC(=O)N1CCC(C)(CN)C1. The molecule has 0 saturated carbocycles. The normalized spacial score (nSPS) is 25.9. The van der Waals surface area contributed by atoms with Gasteiger partial charge in [0.1, 0.15) is 0 Å². The molecule has 0 spiro atoms. The predicted octanol–water partition coefficient (Wildman–Crippen LogP) is 1.33. The van der Waals surface area contributed by atoms with Crippen LogP contribution >= 0.6 is 11.8 Å². The summed E-state index contributed by atoms with van der Waals surface area (Å²) in [6.45, 7) is 4.59. The number of rotatable bonds is 5. The zero-order chi connectivity index (χ0) is 11.3. The second-order valence-corrected chi connectivity index (χ2v) is 5.66. The average molecular weight is 230 g/mol. The van der Waals surface area contributed by atoms with Gasteiger partial charge in [-0.2, -0.15) is 11.8 Å². The highest BCUT2D eigenvalue weighted by atomic mass is 32.2. The molecule has 0 radical (unpaired) electrons. The van der Waals surface area contributed by atoms with Gasteiger partial charge in [0.2, 0.25) is 5.91 Å². The highest BCUT2D eigenvalue weighted by Gasteiger charge is 2.34. The molecule has 15 heavy (non-hydrogen) atoms. The molecule has 2 N–H and O–H groups in total. The van der Waals surface area contributed by atoms with Gasteiger partial charge in [-0.25, -0.2) is 0 Å². The van der Waals surface area contributed by atoms with Crippen molar-refractivity contribution in [3.63, 3.8) is 0 Å². The number of amides is 1. The minimum atomic E-state index is 0.162. The van der Waals surface area contributed by atoms with Gasteiger partial charge in [-0.3, -0.25) is 4.79 Å². The fourth-order valence-corrected chi connectivity index (χ4v) is 2.36. The fraction of sp³-hybridized carbons (Fsp3) is 0.909. The molecular weight excluding hydrogens is 208 g/mol. The second kappa shape index (κ2) is 5.75. The quantitative estimate of drug-likeness (QED) is 0.725. The van der Waals surface area contributed by atoms with E-state index < -0.39 is 0 Å². The van der Waals surface area contributed by atoms with Crippen LogP contribution in [0.5, 0.6) is 0 Å². The molecule has 1 saturated heterocycles. The van der Waals surface area contributed by atoms with Crippen LogP contribution in [-0.4, -0.2) is 42.4 Å². The molecule has 1 aliphatic rings. The summed E-state index contributed by atoms with van der Waals surface area (Å²) in [7, 11) is 0. The lowest BCUT2D eigenvalue weighted by molar-refractivity contribution is -0.130. The Morgan fingerprint density at radius 3 is 2.87 bits per heavy atom. The third-order valence-corrected chi connectivity index (χ3v) is 3.84. The molecule has 1 atom stereocenters. The van der Waals surface area contributed by atoms with Crippen molar-refractivity contribution in [3.05, 3.63) is 0 Å². The molecule has 3 nitrogen and oxygen atoms in total. The highest BCUT2D eigenvalue weighted by Crippen LogP contribution is 2.28. The van der Waals surface area contributed by atoms with Crippen LogP contribution in [0.4, 0.5) is 0 Å². The van der Waals surface area contributed by atoms with E-state index in [1.165, 1.54) is 0 Å². The van der Waals surface area contributed by atoms with E-state index in [1.54, 1.807) is 11.8 Å². The number of nitrogens with two attached hydrogens (primary N) is 1. The molecule has 1 amide bonds. The fourth-order valence-electron chi connectivity index (χ4n) is 1.93. The third-order valence-electron chi connectivity index (χ3n) is 3.14. The largest absolute Gasteiger partial charge is 0.342 e. The van der Waals surface area contributed by atoms with Crippen molar-refractivity contribution < 1.29 is 4.79 Å². The molecule has 0 aromatic carbocycles. The number of hydrogen-bond donors (Lipinski definition) is 1. The number of hydrogen-bond acceptors (Lipinski definition) is 3. The van der Waals surface area contributed by atoms with Gasteiger partial charge < -0.3 is 10.6 Å². The summed E-state index contributed by atoms with van der Waals surface area (Å²) < 4.78 is 0. The number of likely N-dealkylation sites (tertiary alicyclic amines) is 1. The standard InChI is InChI=1S/C11H22N2OS/c1-11(8-12)5-6-13(9-11)10(14)4-3-7-15-2/h3-9,12H2,1-2H3. The van der Waals surface area contributed by atoms with E-state index >= 15 is 0 Å². The van der Waals surface area contributed by atoms with Crippen LogP contribution < -0.4 is 5.73 Å². The number of nitrogens with zero attached hydrogens (tertiary/aromatic N) is 1. The van der Waals surface area contributed by atoms with Crippen molar-refractivity contribution in [2.45, 2.75) is 26.2 Å². The summed E-state index contributed by atoms with van der Waals surface area (Å²) in [5.74, 6) is 1.38. The lowest BCUT2D eigenvalue weighted by atomic mass is 9.90. The van der Waals surface area contributed by atoms with E-state index in [0.717, 1.165) is 31.7 Å². The van der Waals surface area contributed by atoms with Gasteiger partial charge in [0.05, 0.1) is 0 Å². The van der Waals surface area contributed by atoms with E-state index in [0.29, 0.717) is 18.9 Å². The first-order valence-electron chi connectivity index (χ1n) is 5.58. The maximum atomic E-state index is 11.8. The predicted molar refractivity (Wildman–Crippen MR) is 66.0 cm³/mol. The van der Waals surface area contributed by atoms with Crippen LogP contribution in [0.25, 0.3) is 0 Å². The molecule has 1 aliphatic heterocycles. The van der Waals surface area contributed by atoms with Gasteiger partial charge in [-0.05, 0) is 36.8 Å². The van der Waals surface area contributed by atoms with Crippen LogP contribution in [0.3, 0.4) is 0 Å². The zero-order valence-electron chi connectivity index (χ0n) is 9.79. The average Bonchev–Trinajstić information content (AvgIpc) is 2.62. The minimum Gasteiger partial charge on any atom is -0.342 e. The number of carbonyl (C=O) groups is 1. The van der Waals surface area contributed by atoms with E-state index in [4.69, 9.17) is 5.73 Å². The van der Waals surface area contributed by atoms with Gasteiger partial charge in [-0.15, -0.1) is 0 Å². The summed E-state index contributed by atoms with van der Waals surface area (Å²) >= 11 is 1.80. The third kappa shape index (κ3) is 3.68. The summed E-state index contributed by atoms with van der Waals surface area (Å²) in [6, 6.07) is 0. The summed E-state index contributed by atoms with van der Waals surface area (Å²) in [5.41, 5.74) is 5.87. The van der Waals surface area contributed by atoms with Crippen LogP contribution in [0, 0.1) is 5.41 Å². The molecule has 1 heterocycles. The van der Waals surface area contributed by atoms with Crippen LogP contribution in [0.1, 0.15) is 26.2 Å². The van der Waals surface area contributed by atoms with Gasteiger partial charge in [0.15, 0.2) is 0 Å². The molecular formula is C11H22N2OS. The Morgan fingerprint density at radius 2 is 2.33 bits per heavy atom. The van der Waals surface area contributed by atoms with Crippen LogP contribution in [0.15, 0.2) is 0 Å². The molecule has 1 rings (SSSR count). The molecule has 1 fully saturated rings. The molecule has 0 bridgehead atoms. The monoisotopic (exact) mass is 230 g/mol. The van der Waals surface area contributed by atoms with Crippen molar-refractivity contribution in [1.29, 1.82) is 0 Å². The van der Waals surface area contributed by atoms with Gasteiger partial charge in [0, 0.05) is 19.5 Å². The van der Waals surface area contributed by atoms with Crippen molar-refractivity contribution in [2.24, 2.45) is 11.1 Å². The lowest BCUT2D eigenvalue weighted by Crippen LogP contribution is -2.34. The smallest absolute Gasteiger partial charge is 0.222 e. The molecule has 0 aromatic heterocycles. The minimum absolute atomic E-state index is 0.162. The van der Waals surface area contributed by atoms with Crippen molar-refractivity contribution in [1.82, 2.24) is 4.90 Å². The molecule has 0 aliphatic carbocycles. The highest BCUT2D eigenvalue weighted by molar-refractivity contribution is 7.98. The Bertz CT molecular complexity index is 223. The second-order valence-electron chi connectivity index (χ2n) is 4.68. The van der Waals surface area contributed by atoms with Gasteiger partial charge in [-0.1, -0.05) is 6.92 Å². The first kappa shape index (κ1) is 12.8. The van der Waals surface area contributed by atoms with Crippen molar-refractivity contribution in [2.75, 3.05) is 31.6 Å². The maximum absolute atomic E-state index is 11.8. The van der Waals surface area contributed by atoms with E-state index in [1.807, 2.05) is 4.90 Å². The molecule has 4 heteroatoms. The van der Waals surface area contributed by atoms with Gasteiger partial charge >= 0.3 is 0 Å². The Balaban J connectivity index is 2.30. The zero-order valence-corrected chi connectivity index (χ0v) is 10.6. The number of thioether (sulfide) groups is 1. The topological polar surface area (TPSA) is 46.3 Å². The summed E-state index contributed by atoms with van der Waals surface area (Å²) in [5, 5.41) is 0. The summed E-state index contributed by atoms with van der Waals surface area (Å²) in [4.78, 5) is 13.8. The Kier molecular flexibility index (Phi) is 4.93. The van der Waals surface area contributed by atoms with Gasteiger partial charge in [0.25, 0.3) is 0 Å². The van der Waals surface area contributed by atoms with Crippen molar-refractivity contribution >= 4 is 17.7 Å². The van der Waals surface area contributed by atoms with Crippen LogP contribution in [0.2, 0.25) is 0 Å². The first-order valence-corrected chi connectivity index (χ1v) is 6.97. The summed E-state index contributed by atoms with van der Waals surface area (Å²) in [6.07, 6.45) is 4.82. The number of carbonyl (C=O) groups excluding carboxylic acids is 1. The van der Waals surface area contributed by atoms with E-state index in [-0.39, 0.29) is 5.41 Å². The van der Waals surface area contributed by atoms with E-state index in [2.05, 4.69) is 13.2 Å². The first-order chi connectivity index (χ1) is 7.11. The molecule has 88 valence electrons. The lowest BCUT2D eigenvalue weighted by Gasteiger charge is -2.22.